The number of hydrogen-bond donors (Lipinski definition) is 1. The highest BCUT2D eigenvalue weighted by Gasteiger charge is 2.26. The van der Waals surface area contributed by atoms with E-state index in [1.807, 2.05) is 6.20 Å². The Morgan fingerprint density at radius 1 is 1.56 bits per heavy atom. The van der Waals surface area contributed by atoms with Gasteiger partial charge in [0.2, 0.25) is 0 Å². The third-order valence-corrected chi connectivity index (χ3v) is 3.93. The summed E-state index contributed by atoms with van der Waals surface area (Å²) in [5.41, 5.74) is 0. The van der Waals surface area contributed by atoms with Gasteiger partial charge in [0.25, 0.3) is 0 Å². The van der Waals surface area contributed by atoms with Crippen LogP contribution in [0, 0.1) is 5.92 Å². The number of nitrogens with zero attached hydrogens (tertiary/aromatic N) is 1. The zero-order valence-corrected chi connectivity index (χ0v) is 10.6. The SMILES string of the molecule is CCCNC(c1nccs1)C1CCOCC1. The summed E-state index contributed by atoms with van der Waals surface area (Å²) in [5.74, 6) is 0.687. The van der Waals surface area contributed by atoms with E-state index in [4.69, 9.17) is 4.74 Å². The lowest BCUT2D eigenvalue weighted by atomic mass is 9.92. The largest absolute Gasteiger partial charge is 0.381 e. The summed E-state index contributed by atoms with van der Waals surface area (Å²) in [6.45, 7) is 5.08. The summed E-state index contributed by atoms with van der Waals surface area (Å²) in [7, 11) is 0. The highest BCUT2D eigenvalue weighted by atomic mass is 32.1. The molecule has 16 heavy (non-hydrogen) atoms. The fourth-order valence-electron chi connectivity index (χ4n) is 2.19. The fraction of sp³-hybridized carbons (Fsp3) is 0.750. The normalized spacial score (nSPS) is 19.8. The van der Waals surface area contributed by atoms with E-state index in [1.165, 1.54) is 11.4 Å². The van der Waals surface area contributed by atoms with Gasteiger partial charge in [0.1, 0.15) is 5.01 Å². The molecule has 1 aromatic heterocycles. The van der Waals surface area contributed by atoms with E-state index in [0.29, 0.717) is 12.0 Å². The van der Waals surface area contributed by atoms with Crippen molar-refractivity contribution < 1.29 is 4.74 Å². The van der Waals surface area contributed by atoms with E-state index in [9.17, 15) is 0 Å². The molecule has 1 aliphatic rings. The molecule has 1 saturated heterocycles. The molecule has 2 heterocycles. The second-order valence-electron chi connectivity index (χ2n) is 4.25. The van der Waals surface area contributed by atoms with Crippen molar-refractivity contribution >= 4 is 11.3 Å². The molecule has 1 N–H and O–H groups in total. The van der Waals surface area contributed by atoms with Gasteiger partial charge in [-0.2, -0.15) is 0 Å². The predicted octanol–water partition coefficient (Wildman–Crippen LogP) is 2.61. The molecule has 0 radical (unpaired) electrons. The van der Waals surface area contributed by atoms with Crippen LogP contribution >= 0.6 is 11.3 Å². The molecule has 0 aliphatic carbocycles. The molecule has 4 heteroatoms. The van der Waals surface area contributed by atoms with Crippen LogP contribution in [0.3, 0.4) is 0 Å². The summed E-state index contributed by atoms with van der Waals surface area (Å²) in [6.07, 6.45) is 5.38. The average Bonchev–Trinajstić information content (AvgIpc) is 2.85. The van der Waals surface area contributed by atoms with Gasteiger partial charge >= 0.3 is 0 Å². The molecule has 0 saturated carbocycles. The lowest BCUT2D eigenvalue weighted by molar-refractivity contribution is 0.0536. The molecule has 0 spiro atoms. The van der Waals surface area contributed by atoms with Gasteiger partial charge in [0.15, 0.2) is 0 Å². The van der Waals surface area contributed by atoms with Crippen LogP contribution in [0.25, 0.3) is 0 Å². The second kappa shape index (κ2) is 6.33. The molecule has 1 fully saturated rings. The topological polar surface area (TPSA) is 34.2 Å². The van der Waals surface area contributed by atoms with E-state index >= 15 is 0 Å². The minimum atomic E-state index is 0.434. The third kappa shape index (κ3) is 3.03. The highest BCUT2D eigenvalue weighted by molar-refractivity contribution is 7.09. The van der Waals surface area contributed by atoms with Crippen LogP contribution in [0.4, 0.5) is 0 Å². The van der Waals surface area contributed by atoms with Crippen molar-refractivity contribution in [2.24, 2.45) is 5.92 Å². The number of thiazole rings is 1. The molecule has 1 aromatic rings. The maximum absolute atomic E-state index is 5.43. The lowest BCUT2D eigenvalue weighted by Gasteiger charge is -2.29. The van der Waals surface area contributed by atoms with Crippen molar-refractivity contribution in [3.63, 3.8) is 0 Å². The first-order chi connectivity index (χ1) is 7.92. The van der Waals surface area contributed by atoms with Crippen LogP contribution in [-0.2, 0) is 4.74 Å². The Bertz CT molecular complexity index is 283. The van der Waals surface area contributed by atoms with Crippen molar-refractivity contribution in [3.8, 4) is 0 Å². The smallest absolute Gasteiger partial charge is 0.110 e. The number of hydrogen-bond acceptors (Lipinski definition) is 4. The number of ether oxygens (including phenoxy) is 1. The Balaban J connectivity index is 2.01. The number of rotatable bonds is 5. The van der Waals surface area contributed by atoms with Gasteiger partial charge in [-0.15, -0.1) is 11.3 Å². The predicted molar refractivity (Wildman–Crippen MR) is 66.7 cm³/mol. The van der Waals surface area contributed by atoms with Crippen LogP contribution in [0.1, 0.15) is 37.2 Å². The van der Waals surface area contributed by atoms with E-state index in [0.717, 1.165) is 32.6 Å². The molecule has 0 bridgehead atoms. The van der Waals surface area contributed by atoms with Gasteiger partial charge in [0, 0.05) is 24.8 Å². The van der Waals surface area contributed by atoms with Crippen molar-refractivity contribution in [2.45, 2.75) is 32.2 Å². The van der Waals surface area contributed by atoms with Crippen molar-refractivity contribution in [1.82, 2.24) is 10.3 Å². The third-order valence-electron chi connectivity index (χ3n) is 3.07. The summed E-state index contributed by atoms with van der Waals surface area (Å²) in [5, 5.41) is 6.94. The second-order valence-corrected chi connectivity index (χ2v) is 5.18. The molecular weight excluding hydrogens is 220 g/mol. The zero-order valence-electron chi connectivity index (χ0n) is 9.82. The summed E-state index contributed by atoms with van der Waals surface area (Å²) < 4.78 is 5.43. The van der Waals surface area contributed by atoms with E-state index in [-0.39, 0.29) is 0 Å². The van der Waals surface area contributed by atoms with Crippen LogP contribution in [0.5, 0.6) is 0 Å². The number of nitrogens with one attached hydrogen (secondary N) is 1. The Kier molecular flexibility index (Phi) is 4.75. The zero-order chi connectivity index (χ0) is 11.2. The van der Waals surface area contributed by atoms with Gasteiger partial charge in [-0.05, 0) is 31.7 Å². The summed E-state index contributed by atoms with van der Waals surface area (Å²) >= 11 is 1.76. The molecule has 90 valence electrons. The fourth-order valence-corrected chi connectivity index (χ4v) is 3.00. The highest BCUT2D eigenvalue weighted by Crippen LogP contribution is 2.30. The Hall–Kier alpha value is -0.450. The van der Waals surface area contributed by atoms with Crippen LogP contribution in [0.15, 0.2) is 11.6 Å². The van der Waals surface area contributed by atoms with E-state index < -0.39 is 0 Å². The maximum atomic E-state index is 5.43. The molecule has 3 nitrogen and oxygen atoms in total. The van der Waals surface area contributed by atoms with Crippen molar-refractivity contribution in [2.75, 3.05) is 19.8 Å². The molecule has 2 rings (SSSR count). The minimum Gasteiger partial charge on any atom is -0.381 e. The number of aromatic nitrogens is 1. The summed E-state index contributed by atoms with van der Waals surface area (Å²) in [6, 6.07) is 0.434. The maximum Gasteiger partial charge on any atom is 0.110 e. The lowest BCUT2D eigenvalue weighted by Crippen LogP contribution is -2.32. The van der Waals surface area contributed by atoms with Crippen molar-refractivity contribution in [3.05, 3.63) is 16.6 Å². The van der Waals surface area contributed by atoms with Gasteiger partial charge < -0.3 is 10.1 Å². The molecule has 1 aliphatic heterocycles. The monoisotopic (exact) mass is 240 g/mol. The van der Waals surface area contributed by atoms with Crippen LogP contribution < -0.4 is 5.32 Å². The van der Waals surface area contributed by atoms with E-state index in [1.54, 1.807) is 11.3 Å². The first-order valence-corrected chi connectivity index (χ1v) is 7.00. The van der Waals surface area contributed by atoms with Gasteiger partial charge in [-0.3, -0.25) is 0 Å². The van der Waals surface area contributed by atoms with Gasteiger partial charge in [-0.1, -0.05) is 6.92 Å². The minimum absolute atomic E-state index is 0.434. The van der Waals surface area contributed by atoms with Crippen molar-refractivity contribution in [1.29, 1.82) is 0 Å². The molecule has 1 unspecified atom stereocenters. The Morgan fingerprint density at radius 3 is 3.00 bits per heavy atom. The standard InChI is InChI=1S/C12H20N2OS/c1-2-5-13-11(12-14-6-9-16-12)10-3-7-15-8-4-10/h6,9-11,13H,2-5,7-8H2,1H3. The quantitative estimate of drug-likeness (QED) is 0.859. The first-order valence-electron chi connectivity index (χ1n) is 6.12. The van der Waals surface area contributed by atoms with Gasteiger partial charge in [-0.25, -0.2) is 4.98 Å². The summed E-state index contributed by atoms with van der Waals surface area (Å²) in [4.78, 5) is 4.46. The Labute approximate surface area is 101 Å². The molecular formula is C12H20N2OS. The van der Waals surface area contributed by atoms with Gasteiger partial charge in [0.05, 0.1) is 6.04 Å². The Morgan fingerprint density at radius 2 is 2.38 bits per heavy atom. The van der Waals surface area contributed by atoms with E-state index in [2.05, 4.69) is 22.6 Å². The molecule has 1 atom stereocenters. The van der Waals surface area contributed by atoms with Crippen LogP contribution in [0.2, 0.25) is 0 Å². The van der Waals surface area contributed by atoms with Crippen LogP contribution in [-0.4, -0.2) is 24.7 Å². The average molecular weight is 240 g/mol. The first kappa shape index (κ1) is 12.0. The molecule has 0 amide bonds. The molecule has 0 aromatic carbocycles.